The summed E-state index contributed by atoms with van der Waals surface area (Å²) in [6.07, 6.45) is 0. The molecule has 0 aliphatic heterocycles. The van der Waals surface area contributed by atoms with Crippen molar-refractivity contribution in [3.63, 3.8) is 0 Å². The van der Waals surface area contributed by atoms with Gasteiger partial charge in [0.1, 0.15) is 0 Å². The Morgan fingerprint density at radius 3 is 2.42 bits per heavy atom. The Kier molecular flexibility index (Phi) is 4.36. The first-order chi connectivity index (χ1) is 11.5. The van der Waals surface area contributed by atoms with E-state index in [9.17, 15) is 9.59 Å². The molecule has 2 aromatic carbocycles. The zero-order valence-corrected chi connectivity index (χ0v) is 14.0. The van der Waals surface area contributed by atoms with Crippen molar-refractivity contribution in [2.45, 2.75) is 13.0 Å². The lowest BCUT2D eigenvalue weighted by atomic mass is 10.1. The number of hydrogen-bond donors (Lipinski definition) is 1. The van der Waals surface area contributed by atoms with Gasteiger partial charge in [-0.3, -0.25) is 9.59 Å². The summed E-state index contributed by atoms with van der Waals surface area (Å²) in [7, 11) is 1.54. The number of amides is 1. The van der Waals surface area contributed by atoms with Crippen molar-refractivity contribution in [1.82, 2.24) is 15.1 Å². The number of benzene rings is 2. The van der Waals surface area contributed by atoms with E-state index in [1.807, 2.05) is 19.1 Å². The molecule has 6 heteroatoms. The van der Waals surface area contributed by atoms with Crippen molar-refractivity contribution in [2.75, 3.05) is 0 Å². The highest BCUT2D eigenvalue weighted by atomic mass is 35.5. The average Bonchev–Trinajstić information content (AvgIpc) is 2.58. The SMILES string of the molecule is CC(NC(=O)c1nn(C)c(=O)c2ccccc12)c1ccc(Cl)cc1. The molecule has 1 aromatic heterocycles. The van der Waals surface area contributed by atoms with Gasteiger partial charge in [-0.05, 0) is 30.7 Å². The molecule has 0 aliphatic carbocycles. The highest BCUT2D eigenvalue weighted by Crippen LogP contribution is 2.18. The molecule has 1 unspecified atom stereocenters. The minimum Gasteiger partial charge on any atom is -0.344 e. The number of aryl methyl sites for hydroxylation is 1. The first kappa shape index (κ1) is 16.2. The molecule has 3 aromatic rings. The minimum absolute atomic E-state index is 0.215. The Morgan fingerprint density at radius 2 is 1.75 bits per heavy atom. The van der Waals surface area contributed by atoms with Crippen LogP contribution in [-0.2, 0) is 7.05 Å². The van der Waals surface area contributed by atoms with Gasteiger partial charge in [0.05, 0.1) is 11.4 Å². The Balaban J connectivity index is 1.96. The fourth-order valence-corrected chi connectivity index (χ4v) is 2.69. The fraction of sp³-hybridized carbons (Fsp3) is 0.167. The molecule has 0 radical (unpaired) electrons. The van der Waals surface area contributed by atoms with Crippen LogP contribution < -0.4 is 10.9 Å². The van der Waals surface area contributed by atoms with Crippen LogP contribution in [-0.4, -0.2) is 15.7 Å². The summed E-state index contributed by atoms with van der Waals surface area (Å²) in [5, 5.41) is 8.70. The smallest absolute Gasteiger partial charge is 0.274 e. The summed E-state index contributed by atoms with van der Waals surface area (Å²) in [6, 6.07) is 14.0. The van der Waals surface area contributed by atoms with Crippen LogP contribution in [0.15, 0.2) is 53.3 Å². The van der Waals surface area contributed by atoms with Gasteiger partial charge in [0.2, 0.25) is 0 Å². The monoisotopic (exact) mass is 341 g/mol. The van der Waals surface area contributed by atoms with Crippen LogP contribution in [0.25, 0.3) is 10.8 Å². The van der Waals surface area contributed by atoms with E-state index in [4.69, 9.17) is 11.6 Å². The van der Waals surface area contributed by atoms with Gasteiger partial charge in [-0.1, -0.05) is 41.9 Å². The third-order valence-corrected chi connectivity index (χ3v) is 4.14. The molecule has 3 rings (SSSR count). The first-order valence-corrected chi connectivity index (χ1v) is 7.87. The van der Waals surface area contributed by atoms with E-state index in [1.165, 1.54) is 11.7 Å². The predicted octanol–water partition coefficient (Wildman–Crippen LogP) is 3.08. The fourth-order valence-electron chi connectivity index (χ4n) is 2.57. The molecule has 1 heterocycles. The maximum atomic E-state index is 12.7. The molecule has 0 saturated carbocycles. The number of carbonyl (C=O) groups is 1. The van der Waals surface area contributed by atoms with Crippen LogP contribution in [0.3, 0.4) is 0 Å². The third kappa shape index (κ3) is 3.03. The molecule has 1 atom stereocenters. The summed E-state index contributed by atoms with van der Waals surface area (Å²) < 4.78 is 1.18. The van der Waals surface area contributed by atoms with Gasteiger partial charge in [-0.2, -0.15) is 5.10 Å². The highest BCUT2D eigenvalue weighted by Gasteiger charge is 2.17. The second kappa shape index (κ2) is 6.45. The number of fused-ring (bicyclic) bond motifs is 1. The molecule has 24 heavy (non-hydrogen) atoms. The number of nitrogens with one attached hydrogen (secondary N) is 1. The number of rotatable bonds is 3. The molecule has 0 spiro atoms. The van der Waals surface area contributed by atoms with E-state index in [-0.39, 0.29) is 23.2 Å². The number of carbonyl (C=O) groups excluding carboxylic acids is 1. The van der Waals surface area contributed by atoms with Crippen LogP contribution in [0.5, 0.6) is 0 Å². The molecule has 1 N–H and O–H groups in total. The van der Waals surface area contributed by atoms with E-state index in [0.29, 0.717) is 15.8 Å². The number of halogens is 1. The van der Waals surface area contributed by atoms with Crippen molar-refractivity contribution in [3.8, 4) is 0 Å². The first-order valence-electron chi connectivity index (χ1n) is 7.50. The second-order valence-electron chi connectivity index (χ2n) is 5.57. The molecular formula is C18H16ClN3O2. The van der Waals surface area contributed by atoms with Crippen LogP contribution in [0.2, 0.25) is 5.02 Å². The van der Waals surface area contributed by atoms with Gasteiger partial charge in [0.25, 0.3) is 11.5 Å². The normalized spacial score (nSPS) is 12.1. The third-order valence-electron chi connectivity index (χ3n) is 3.89. The largest absolute Gasteiger partial charge is 0.344 e. The van der Waals surface area contributed by atoms with Crippen LogP contribution >= 0.6 is 11.6 Å². The Bertz CT molecular complexity index is 964. The van der Waals surface area contributed by atoms with Crippen molar-refractivity contribution >= 4 is 28.3 Å². The van der Waals surface area contributed by atoms with Crippen molar-refractivity contribution in [3.05, 3.63) is 75.2 Å². The molecule has 0 bridgehead atoms. The Labute approximate surface area is 143 Å². The van der Waals surface area contributed by atoms with Gasteiger partial charge in [-0.25, -0.2) is 4.68 Å². The molecule has 0 saturated heterocycles. The maximum Gasteiger partial charge on any atom is 0.274 e. The zero-order chi connectivity index (χ0) is 17.3. The number of aromatic nitrogens is 2. The maximum absolute atomic E-state index is 12.7. The van der Waals surface area contributed by atoms with E-state index in [0.717, 1.165) is 5.56 Å². The quantitative estimate of drug-likeness (QED) is 0.796. The van der Waals surface area contributed by atoms with Gasteiger partial charge in [-0.15, -0.1) is 0 Å². The summed E-state index contributed by atoms with van der Waals surface area (Å²) in [6.45, 7) is 1.88. The molecule has 5 nitrogen and oxygen atoms in total. The molecule has 1 amide bonds. The standard InChI is InChI=1S/C18H16ClN3O2/c1-11(12-7-9-13(19)10-8-12)20-17(23)16-14-5-3-4-6-15(14)18(24)22(2)21-16/h3-11H,1-2H3,(H,20,23). The summed E-state index contributed by atoms with van der Waals surface area (Å²) >= 11 is 5.89. The molecule has 0 fully saturated rings. The van der Waals surface area contributed by atoms with E-state index < -0.39 is 0 Å². The molecule has 122 valence electrons. The molecular weight excluding hydrogens is 326 g/mol. The summed E-state index contributed by atoms with van der Waals surface area (Å²) in [5.74, 6) is -0.329. The minimum atomic E-state index is -0.329. The van der Waals surface area contributed by atoms with Gasteiger partial charge in [0, 0.05) is 17.5 Å². The summed E-state index contributed by atoms with van der Waals surface area (Å²) in [4.78, 5) is 24.8. The van der Waals surface area contributed by atoms with Crippen LogP contribution in [0, 0.1) is 0 Å². The van der Waals surface area contributed by atoms with Crippen molar-refractivity contribution in [2.24, 2.45) is 7.05 Å². The number of hydrogen-bond acceptors (Lipinski definition) is 3. The summed E-state index contributed by atoms with van der Waals surface area (Å²) in [5.41, 5.74) is 0.934. The van der Waals surface area contributed by atoms with Gasteiger partial charge >= 0.3 is 0 Å². The van der Waals surface area contributed by atoms with Gasteiger partial charge < -0.3 is 5.32 Å². The van der Waals surface area contributed by atoms with Crippen molar-refractivity contribution in [1.29, 1.82) is 0 Å². The Morgan fingerprint density at radius 1 is 1.12 bits per heavy atom. The topological polar surface area (TPSA) is 64.0 Å². The molecule has 0 aliphatic rings. The van der Waals surface area contributed by atoms with E-state index in [1.54, 1.807) is 36.4 Å². The second-order valence-corrected chi connectivity index (χ2v) is 6.01. The van der Waals surface area contributed by atoms with Gasteiger partial charge in [0.15, 0.2) is 5.69 Å². The zero-order valence-electron chi connectivity index (χ0n) is 13.3. The lowest BCUT2D eigenvalue weighted by Gasteiger charge is -2.15. The van der Waals surface area contributed by atoms with Crippen LogP contribution in [0.4, 0.5) is 0 Å². The van der Waals surface area contributed by atoms with Crippen molar-refractivity contribution < 1.29 is 4.79 Å². The average molecular weight is 342 g/mol. The lowest BCUT2D eigenvalue weighted by molar-refractivity contribution is 0.0934. The highest BCUT2D eigenvalue weighted by molar-refractivity contribution is 6.30. The van der Waals surface area contributed by atoms with E-state index >= 15 is 0 Å². The Hall–Kier alpha value is -2.66. The number of nitrogens with zero attached hydrogens (tertiary/aromatic N) is 2. The van der Waals surface area contributed by atoms with Crippen LogP contribution in [0.1, 0.15) is 29.0 Å². The van der Waals surface area contributed by atoms with E-state index in [2.05, 4.69) is 10.4 Å². The lowest BCUT2D eigenvalue weighted by Crippen LogP contribution is -2.31. The predicted molar refractivity (Wildman–Crippen MR) is 94.3 cm³/mol.